The van der Waals surface area contributed by atoms with Crippen LogP contribution in [0.3, 0.4) is 0 Å². The van der Waals surface area contributed by atoms with E-state index < -0.39 is 17.1 Å². The number of likely N-dealkylation sites (N-methyl/N-ethyl adjacent to an activating group) is 1. The quantitative estimate of drug-likeness (QED) is 0.621. The molecule has 6 heteroatoms. The molecule has 5 rings (SSSR count). The van der Waals surface area contributed by atoms with Crippen LogP contribution in [-0.2, 0) is 19.1 Å². The average Bonchev–Trinajstić information content (AvgIpc) is 3.20. The van der Waals surface area contributed by atoms with Crippen molar-refractivity contribution in [3.63, 3.8) is 0 Å². The Morgan fingerprint density at radius 1 is 1.26 bits per heavy atom. The summed E-state index contributed by atoms with van der Waals surface area (Å²) in [7, 11) is 6.11. The van der Waals surface area contributed by atoms with Crippen molar-refractivity contribution in [3.8, 4) is 0 Å². The molecule has 1 N–H and O–H groups in total. The Hall–Kier alpha value is -1.34. The fourth-order valence-corrected chi connectivity index (χ4v) is 8.55. The van der Waals surface area contributed by atoms with Gasteiger partial charge < -0.3 is 19.1 Å². The molecule has 4 aliphatic carbocycles. The third-order valence-corrected chi connectivity index (χ3v) is 9.85. The van der Waals surface area contributed by atoms with Crippen LogP contribution < -0.4 is 0 Å². The highest BCUT2D eigenvalue weighted by Crippen LogP contribution is 2.69. The molecule has 0 aromatic heterocycles. The zero-order valence-electron chi connectivity index (χ0n) is 21.7. The van der Waals surface area contributed by atoms with E-state index in [-0.39, 0.29) is 47.1 Å². The van der Waals surface area contributed by atoms with E-state index in [9.17, 15) is 14.7 Å². The molecule has 1 saturated heterocycles. The number of carbonyl (C=O) groups excluding carboxylic acids is 2. The highest BCUT2D eigenvalue weighted by atomic mass is 16.7. The molecule has 34 heavy (non-hydrogen) atoms. The van der Waals surface area contributed by atoms with E-state index in [0.29, 0.717) is 17.4 Å². The van der Waals surface area contributed by atoms with Crippen LogP contribution in [0.1, 0.15) is 59.3 Å². The Bertz CT molecular complexity index is 949. The average molecular weight is 473 g/mol. The number of carbonyl (C=O) groups is 2. The Morgan fingerprint density at radius 3 is 2.68 bits per heavy atom. The molecular weight excluding hydrogens is 430 g/mol. The van der Waals surface area contributed by atoms with Gasteiger partial charge in [0.2, 0.25) is 5.78 Å². The van der Waals surface area contributed by atoms with Crippen molar-refractivity contribution >= 4 is 11.6 Å². The first-order chi connectivity index (χ1) is 15.9. The van der Waals surface area contributed by atoms with E-state index in [4.69, 9.17) is 9.47 Å². The third-order valence-electron chi connectivity index (χ3n) is 9.85. The zero-order valence-corrected chi connectivity index (χ0v) is 21.7. The van der Waals surface area contributed by atoms with Gasteiger partial charge in [-0.25, -0.2) is 0 Å². The smallest absolute Gasteiger partial charge is 0.221 e. The number of allylic oxidation sites excluding steroid dienone is 4. The molecule has 188 valence electrons. The van der Waals surface area contributed by atoms with Crippen molar-refractivity contribution in [2.45, 2.75) is 83.4 Å². The van der Waals surface area contributed by atoms with E-state index >= 15 is 0 Å². The lowest BCUT2D eigenvalue weighted by Gasteiger charge is -2.59. The predicted octanol–water partition coefficient (Wildman–Crippen LogP) is 3.43. The maximum atomic E-state index is 14.1. The summed E-state index contributed by atoms with van der Waals surface area (Å²) in [5.74, 6) is 0.681. The summed E-state index contributed by atoms with van der Waals surface area (Å²) >= 11 is 0. The molecule has 1 aliphatic heterocycles. The van der Waals surface area contributed by atoms with Crippen LogP contribution in [0.2, 0.25) is 0 Å². The second-order valence-electron chi connectivity index (χ2n) is 13.0. The van der Waals surface area contributed by atoms with Gasteiger partial charge in [-0.05, 0) is 56.1 Å². The second kappa shape index (κ2) is 7.83. The summed E-state index contributed by atoms with van der Waals surface area (Å²) in [5, 5.41) is 11.7. The predicted molar refractivity (Wildman–Crippen MR) is 129 cm³/mol. The molecular formula is C28H42NO5+. The summed E-state index contributed by atoms with van der Waals surface area (Å²) < 4.78 is 13.7. The van der Waals surface area contributed by atoms with Gasteiger partial charge in [0.15, 0.2) is 17.7 Å². The Kier molecular flexibility index (Phi) is 5.61. The first-order valence-corrected chi connectivity index (χ1v) is 13.1. The summed E-state index contributed by atoms with van der Waals surface area (Å²) in [5.41, 5.74) is -0.668. The summed E-state index contributed by atoms with van der Waals surface area (Å²) in [4.78, 5) is 26.2. The minimum absolute atomic E-state index is 0.0331. The number of hydrogen-bond donors (Lipinski definition) is 1. The SMILES string of the molecule is CCCC1O[C@@H]2C[C@H]3[C@@H]4CCC5=CC(=O)C=C[C@]5(C)[C@H]4[C@@H](O)C[C@]3(C)[C@]2(C(=O)C[N+](C)(C)C)O1. The van der Waals surface area contributed by atoms with Gasteiger partial charge in [0.1, 0.15) is 6.54 Å². The van der Waals surface area contributed by atoms with E-state index in [1.165, 1.54) is 0 Å². The number of ketones is 2. The van der Waals surface area contributed by atoms with Crippen molar-refractivity contribution < 1.29 is 28.7 Å². The summed E-state index contributed by atoms with van der Waals surface area (Å²) in [6.07, 6.45) is 9.10. The van der Waals surface area contributed by atoms with Crippen LogP contribution in [-0.4, -0.2) is 72.9 Å². The van der Waals surface area contributed by atoms with Crippen molar-refractivity contribution in [2.24, 2.45) is 28.6 Å². The molecule has 1 heterocycles. The van der Waals surface area contributed by atoms with E-state index in [2.05, 4.69) is 20.8 Å². The first-order valence-electron chi connectivity index (χ1n) is 13.1. The van der Waals surface area contributed by atoms with E-state index in [0.717, 1.165) is 37.7 Å². The second-order valence-corrected chi connectivity index (χ2v) is 13.0. The number of aliphatic hydroxyl groups is 1. The van der Waals surface area contributed by atoms with Crippen LogP contribution in [0, 0.1) is 28.6 Å². The molecule has 6 nitrogen and oxygen atoms in total. The number of nitrogens with zero attached hydrogens (tertiary/aromatic N) is 1. The highest BCUT2D eigenvalue weighted by molar-refractivity contribution is 6.01. The fourth-order valence-electron chi connectivity index (χ4n) is 8.55. The molecule has 0 aromatic carbocycles. The topological polar surface area (TPSA) is 72.8 Å². The lowest BCUT2D eigenvalue weighted by Crippen LogP contribution is -2.65. The van der Waals surface area contributed by atoms with Crippen LogP contribution in [0.15, 0.2) is 23.8 Å². The zero-order chi connectivity index (χ0) is 24.7. The van der Waals surface area contributed by atoms with Gasteiger partial charge in [0.25, 0.3) is 0 Å². The lowest BCUT2D eigenvalue weighted by molar-refractivity contribution is -0.862. The number of quaternary nitrogens is 1. The van der Waals surface area contributed by atoms with Gasteiger partial charge in [-0.1, -0.05) is 38.8 Å². The monoisotopic (exact) mass is 472 g/mol. The normalized spacial score (nSPS) is 47.5. The number of fused-ring (bicyclic) bond motifs is 7. The number of ether oxygens (including phenoxy) is 2. The minimum atomic E-state index is -1.01. The van der Waals surface area contributed by atoms with Gasteiger partial charge in [0, 0.05) is 16.7 Å². The van der Waals surface area contributed by atoms with Gasteiger partial charge in [-0.15, -0.1) is 0 Å². The summed E-state index contributed by atoms with van der Waals surface area (Å²) in [6.45, 7) is 6.86. The molecule has 0 bridgehead atoms. The number of Topliss-reactive ketones (excluding diaryl/α,β-unsaturated/α-hetero) is 1. The Morgan fingerprint density at radius 2 is 2.00 bits per heavy atom. The molecule has 5 aliphatic rings. The highest BCUT2D eigenvalue weighted by Gasteiger charge is 2.76. The van der Waals surface area contributed by atoms with Crippen molar-refractivity contribution in [1.82, 2.24) is 0 Å². The first kappa shape index (κ1) is 24.4. The molecule has 0 amide bonds. The van der Waals surface area contributed by atoms with Crippen LogP contribution in [0.5, 0.6) is 0 Å². The maximum absolute atomic E-state index is 14.1. The minimum Gasteiger partial charge on any atom is -0.393 e. The number of aliphatic hydroxyl groups excluding tert-OH is 1. The third kappa shape index (κ3) is 3.28. The summed E-state index contributed by atoms with van der Waals surface area (Å²) in [6, 6.07) is 0. The molecule has 3 saturated carbocycles. The van der Waals surface area contributed by atoms with Gasteiger partial charge in [-0.2, -0.15) is 0 Å². The molecule has 0 aromatic rings. The Labute approximate surface area is 203 Å². The van der Waals surface area contributed by atoms with Crippen LogP contribution >= 0.6 is 0 Å². The number of rotatable bonds is 5. The van der Waals surface area contributed by atoms with Crippen LogP contribution in [0.25, 0.3) is 0 Å². The van der Waals surface area contributed by atoms with Crippen LogP contribution in [0.4, 0.5) is 0 Å². The molecule has 0 spiro atoms. The standard InChI is InChI=1S/C28H42NO5/c1-7-8-24-33-23-14-20-19-10-9-17-13-18(30)11-12-26(17,2)25(19)21(31)15-27(20,3)28(23,34-24)22(32)16-29(4,5)6/h11-13,19-21,23-25,31H,7-10,14-16H2,1-6H3/q+1/t19-,20-,21-,23+,24?,25+,26-,27-,28+/m0/s1. The molecule has 0 radical (unpaired) electrons. The number of hydrogen-bond acceptors (Lipinski definition) is 5. The molecule has 9 atom stereocenters. The van der Waals surface area contributed by atoms with E-state index in [1.807, 2.05) is 27.2 Å². The molecule has 1 unspecified atom stereocenters. The Balaban J connectivity index is 1.55. The molecule has 4 fully saturated rings. The largest absolute Gasteiger partial charge is 0.393 e. The van der Waals surface area contributed by atoms with Crippen molar-refractivity contribution in [2.75, 3.05) is 27.7 Å². The van der Waals surface area contributed by atoms with Gasteiger partial charge in [-0.3, -0.25) is 9.59 Å². The maximum Gasteiger partial charge on any atom is 0.221 e. The van der Waals surface area contributed by atoms with Crippen molar-refractivity contribution in [3.05, 3.63) is 23.8 Å². The fraction of sp³-hybridized carbons (Fsp3) is 0.786. The van der Waals surface area contributed by atoms with Gasteiger partial charge >= 0.3 is 0 Å². The lowest BCUT2D eigenvalue weighted by atomic mass is 9.46. The van der Waals surface area contributed by atoms with Gasteiger partial charge in [0.05, 0.1) is 33.4 Å². The van der Waals surface area contributed by atoms with E-state index in [1.54, 1.807) is 12.2 Å². The van der Waals surface area contributed by atoms with Crippen molar-refractivity contribution in [1.29, 1.82) is 0 Å².